The van der Waals surface area contributed by atoms with Crippen LogP contribution in [0.5, 0.6) is 0 Å². The van der Waals surface area contributed by atoms with Crippen LogP contribution in [0.1, 0.15) is 77.4 Å². The standard InChI is InChI=1S/C34H43F2N3O4S/c1-5-13-39(14-6-2)34(41)28-19-27(20-32(21-28)44(4,42)43)33(40)38-31(18-26-16-29(35)22-30(36)17-26)11-12-37-23-25-10-8-9-24(7-3)15-25/h8-10,15-17,19-22,31,37H,5-7,11-14,18,23H2,1-4H3,(H,38,40)/t31-/m1/s1. The minimum atomic E-state index is -3.74. The number of nitrogens with zero attached hydrogens (tertiary/aromatic N) is 1. The summed E-state index contributed by atoms with van der Waals surface area (Å²) in [6.45, 7) is 8.09. The molecule has 0 unspecified atom stereocenters. The van der Waals surface area contributed by atoms with Gasteiger partial charge < -0.3 is 15.5 Å². The van der Waals surface area contributed by atoms with Crippen LogP contribution in [-0.4, -0.2) is 57.1 Å². The molecule has 0 aliphatic carbocycles. The van der Waals surface area contributed by atoms with Gasteiger partial charge in [0.25, 0.3) is 11.8 Å². The molecule has 1 atom stereocenters. The maximum Gasteiger partial charge on any atom is 0.253 e. The van der Waals surface area contributed by atoms with Crippen LogP contribution in [0.4, 0.5) is 8.78 Å². The van der Waals surface area contributed by atoms with Crippen LogP contribution in [0.25, 0.3) is 0 Å². The molecule has 0 saturated heterocycles. The molecule has 0 aromatic heterocycles. The Morgan fingerprint density at radius 2 is 1.48 bits per heavy atom. The van der Waals surface area contributed by atoms with Crippen molar-refractivity contribution in [2.24, 2.45) is 0 Å². The summed E-state index contributed by atoms with van der Waals surface area (Å²) in [6.07, 6.45) is 3.98. The SMILES string of the molecule is CCCN(CCC)C(=O)c1cc(C(=O)N[C@H](CCNCc2cccc(CC)c2)Cc2cc(F)cc(F)c2)cc(S(C)(=O)=O)c1. The molecule has 0 heterocycles. The highest BCUT2D eigenvalue weighted by Gasteiger charge is 2.22. The van der Waals surface area contributed by atoms with E-state index in [9.17, 15) is 26.8 Å². The molecule has 3 aromatic rings. The third-order valence-corrected chi connectivity index (χ3v) is 8.35. The fourth-order valence-corrected chi connectivity index (χ4v) is 5.76. The summed E-state index contributed by atoms with van der Waals surface area (Å²) >= 11 is 0. The first-order valence-electron chi connectivity index (χ1n) is 15.1. The lowest BCUT2D eigenvalue weighted by Gasteiger charge is -2.23. The minimum Gasteiger partial charge on any atom is -0.349 e. The first-order chi connectivity index (χ1) is 20.9. The monoisotopic (exact) mass is 627 g/mol. The van der Waals surface area contributed by atoms with E-state index >= 15 is 0 Å². The van der Waals surface area contributed by atoms with E-state index in [4.69, 9.17) is 0 Å². The number of carbonyl (C=O) groups is 2. The lowest BCUT2D eigenvalue weighted by Crippen LogP contribution is -2.39. The Morgan fingerprint density at radius 3 is 2.09 bits per heavy atom. The Labute approximate surface area is 260 Å². The van der Waals surface area contributed by atoms with Gasteiger partial charge in [0, 0.05) is 49.1 Å². The van der Waals surface area contributed by atoms with Gasteiger partial charge in [0.05, 0.1) is 4.90 Å². The van der Waals surface area contributed by atoms with Gasteiger partial charge >= 0.3 is 0 Å². The highest BCUT2D eigenvalue weighted by Crippen LogP contribution is 2.19. The van der Waals surface area contributed by atoms with Gasteiger partial charge in [-0.25, -0.2) is 17.2 Å². The van der Waals surface area contributed by atoms with Crippen LogP contribution in [0, 0.1) is 11.6 Å². The van der Waals surface area contributed by atoms with E-state index in [1.54, 1.807) is 4.90 Å². The molecular formula is C34H43F2N3O4S. The van der Waals surface area contributed by atoms with Crippen molar-refractivity contribution in [1.82, 2.24) is 15.5 Å². The second-order valence-electron chi connectivity index (χ2n) is 11.1. The van der Waals surface area contributed by atoms with Gasteiger partial charge in [0.15, 0.2) is 9.84 Å². The molecular weight excluding hydrogens is 584 g/mol. The van der Waals surface area contributed by atoms with Gasteiger partial charge in [-0.05, 0) is 85.7 Å². The van der Waals surface area contributed by atoms with Crippen molar-refractivity contribution in [1.29, 1.82) is 0 Å². The topological polar surface area (TPSA) is 95.6 Å². The normalized spacial score (nSPS) is 12.1. The maximum atomic E-state index is 14.0. The highest BCUT2D eigenvalue weighted by atomic mass is 32.2. The van der Waals surface area contributed by atoms with E-state index in [2.05, 4.69) is 29.7 Å². The molecule has 0 bridgehead atoms. The maximum absolute atomic E-state index is 14.0. The van der Waals surface area contributed by atoms with E-state index in [1.807, 2.05) is 26.0 Å². The van der Waals surface area contributed by atoms with Crippen molar-refractivity contribution in [3.63, 3.8) is 0 Å². The average molecular weight is 628 g/mol. The van der Waals surface area contributed by atoms with Crippen molar-refractivity contribution in [3.05, 3.63) is 100 Å². The van der Waals surface area contributed by atoms with Gasteiger partial charge in [-0.15, -0.1) is 0 Å². The summed E-state index contributed by atoms with van der Waals surface area (Å²) in [5.41, 5.74) is 2.85. The molecule has 2 amide bonds. The van der Waals surface area contributed by atoms with Crippen molar-refractivity contribution < 1.29 is 26.8 Å². The van der Waals surface area contributed by atoms with Crippen LogP contribution in [-0.2, 0) is 29.2 Å². The minimum absolute atomic E-state index is 0.0176. The van der Waals surface area contributed by atoms with Crippen LogP contribution in [0.3, 0.4) is 0 Å². The van der Waals surface area contributed by atoms with Crippen LogP contribution < -0.4 is 10.6 Å². The summed E-state index contributed by atoms with van der Waals surface area (Å²) in [5, 5.41) is 6.28. The molecule has 7 nitrogen and oxygen atoms in total. The zero-order valence-corrected chi connectivity index (χ0v) is 26.8. The molecule has 0 saturated carbocycles. The third kappa shape index (κ3) is 10.5. The quantitative estimate of drug-likeness (QED) is 0.198. The second kappa shape index (κ2) is 16.4. The van der Waals surface area contributed by atoms with Crippen molar-refractivity contribution in [2.45, 2.75) is 70.4 Å². The number of rotatable bonds is 16. The predicted octanol–water partition coefficient (Wildman–Crippen LogP) is 5.71. The van der Waals surface area contributed by atoms with Gasteiger partial charge in [-0.3, -0.25) is 9.59 Å². The summed E-state index contributed by atoms with van der Waals surface area (Å²) in [7, 11) is -3.74. The number of hydrogen-bond acceptors (Lipinski definition) is 5. The lowest BCUT2D eigenvalue weighted by molar-refractivity contribution is 0.0755. The molecule has 0 radical (unpaired) electrons. The molecule has 0 spiro atoms. The number of halogens is 2. The predicted molar refractivity (Wildman–Crippen MR) is 169 cm³/mol. The smallest absolute Gasteiger partial charge is 0.253 e. The van der Waals surface area contributed by atoms with Crippen molar-refractivity contribution >= 4 is 21.7 Å². The zero-order valence-electron chi connectivity index (χ0n) is 26.0. The van der Waals surface area contributed by atoms with E-state index in [1.165, 1.54) is 35.9 Å². The number of aryl methyl sites for hydroxylation is 1. The molecule has 10 heteroatoms. The number of nitrogens with one attached hydrogen (secondary N) is 2. The van der Waals surface area contributed by atoms with Crippen LogP contribution in [0.15, 0.2) is 65.6 Å². The van der Waals surface area contributed by atoms with Gasteiger partial charge in [0.1, 0.15) is 11.6 Å². The molecule has 238 valence electrons. The molecule has 0 aliphatic heterocycles. The molecule has 2 N–H and O–H groups in total. The van der Waals surface area contributed by atoms with E-state index in [0.717, 1.165) is 37.1 Å². The Hall–Kier alpha value is -3.63. The summed E-state index contributed by atoms with van der Waals surface area (Å²) < 4.78 is 53.0. The number of sulfone groups is 1. The first kappa shape index (κ1) is 34.9. The number of amides is 2. The molecule has 3 rings (SSSR count). The van der Waals surface area contributed by atoms with Crippen molar-refractivity contribution in [3.8, 4) is 0 Å². The van der Waals surface area contributed by atoms with Crippen LogP contribution in [0.2, 0.25) is 0 Å². The lowest BCUT2D eigenvalue weighted by atomic mass is 10.0. The van der Waals surface area contributed by atoms with Gasteiger partial charge in [0.2, 0.25) is 0 Å². The molecule has 44 heavy (non-hydrogen) atoms. The summed E-state index contributed by atoms with van der Waals surface area (Å²) in [4.78, 5) is 28.4. The summed E-state index contributed by atoms with van der Waals surface area (Å²) in [5.74, 6) is -2.37. The van der Waals surface area contributed by atoms with Crippen LogP contribution >= 0.6 is 0 Å². The van der Waals surface area contributed by atoms with E-state index in [0.29, 0.717) is 38.2 Å². The number of carbonyl (C=O) groups excluding carboxylic acids is 2. The van der Waals surface area contributed by atoms with Gasteiger partial charge in [-0.1, -0.05) is 45.0 Å². The second-order valence-corrected chi connectivity index (χ2v) is 13.1. The number of benzene rings is 3. The molecule has 0 aliphatic rings. The first-order valence-corrected chi connectivity index (χ1v) is 17.0. The molecule has 3 aromatic carbocycles. The van der Waals surface area contributed by atoms with E-state index in [-0.39, 0.29) is 28.4 Å². The largest absolute Gasteiger partial charge is 0.349 e. The van der Waals surface area contributed by atoms with Gasteiger partial charge in [-0.2, -0.15) is 0 Å². The Bertz CT molecular complexity index is 1520. The summed E-state index contributed by atoms with van der Waals surface area (Å²) in [6, 6.07) is 14.9. The van der Waals surface area contributed by atoms with Crippen molar-refractivity contribution in [2.75, 3.05) is 25.9 Å². The fraction of sp³-hybridized carbons (Fsp3) is 0.412. The fourth-order valence-electron chi connectivity index (χ4n) is 5.08. The third-order valence-electron chi connectivity index (χ3n) is 7.26. The molecule has 0 fully saturated rings. The highest BCUT2D eigenvalue weighted by molar-refractivity contribution is 7.90. The number of hydrogen-bond donors (Lipinski definition) is 2. The Balaban J connectivity index is 1.86. The Kier molecular flexibility index (Phi) is 13.0. The Morgan fingerprint density at radius 1 is 0.841 bits per heavy atom. The average Bonchev–Trinajstić information content (AvgIpc) is 2.97. The zero-order chi connectivity index (χ0) is 32.3. The van der Waals surface area contributed by atoms with E-state index < -0.39 is 33.4 Å².